The van der Waals surface area contributed by atoms with Crippen LogP contribution in [0.2, 0.25) is 0 Å². The number of halogens is 3. The molecule has 0 spiro atoms. The van der Waals surface area contributed by atoms with Gasteiger partial charge in [-0.05, 0) is 13.0 Å². The van der Waals surface area contributed by atoms with Crippen molar-refractivity contribution in [1.29, 1.82) is 0 Å². The largest absolute Gasteiger partial charge is 0.501 e. The van der Waals surface area contributed by atoms with Gasteiger partial charge in [-0.25, -0.2) is 0 Å². The summed E-state index contributed by atoms with van der Waals surface area (Å²) in [7, 11) is 0. The summed E-state index contributed by atoms with van der Waals surface area (Å²) < 4.78 is 42.5. The number of carbonyl (C=O) groups is 1. The van der Waals surface area contributed by atoms with Gasteiger partial charge >= 0.3 is 6.18 Å². The minimum Gasteiger partial charge on any atom is -0.501 e. The van der Waals surface area contributed by atoms with Crippen LogP contribution in [0.5, 0.6) is 0 Å². The van der Waals surface area contributed by atoms with Crippen LogP contribution >= 0.6 is 0 Å². The lowest BCUT2D eigenvalue weighted by Crippen LogP contribution is -2.11. The summed E-state index contributed by atoms with van der Waals surface area (Å²) in [5.41, 5.74) is -1.32. The second-order valence-electron chi connectivity index (χ2n) is 3.17. The number of hydrogen-bond acceptors (Lipinski definition) is 2. The highest BCUT2D eigenvalue weighted by molar-refractivity contribution is 6.05. The number of rotatable bonds is 4. The van der Waals surface area contributed by atoms with Crippen LogP contribution in [0.15, 0.2) is 36.6 Å². The van der Waals surface area contributed by atoms with Crippen molar-refractivity contribution in [2.45, 2.75) is 13.1 Å². The molecular weight excluding hydrogens is 233 g/mol. The van der Waals surface area contributed by atoms with Crippen LogP contribution in [-0.2, 0) is 10.9 Å². The zero-order valence-electron chi connectivity index (χ0n) is 9.12. The van der Waals surface area contributed by atoms with E-state index in [0.29, 0.717) is 6.61 Å². The Morgan fingerprint density at radius 2 is 2.00 bits per heavy atom. The van der Waals surface area contributed by atoms with Gasteiger partial charge in [-0.1, -0.05) is 18.2 Å². The van der Waals surface area contributed by atoms with Gasteiger partial charge in [0.2, 0.25) is 0 Å². The predicted molar refractivity (Wildman–Crippen MR) is 56.5 cm³/mol. The van der Waals surface area contributed by atoms with E-state index in [1.165, 1.54) is 12.1 Å². The Morgan fingerprint density at radius 3 is 2.59 bits per heavy atom. The van der Waals surface area contributed by atoms with E-state index in [2.05, 4.69) is 0 Å². The third-order valence-electron chi connectivity index (χ3n) is 1.98. The summed E-state index contributed by atoms with van der Waals surface area (Å²) in [6.45, 7) is 2.06. The van der Waals surface area contributed by atoms with Crippen LogP contribution in [0.1, 0.15) is 22.8 Å². The molecule has 0 amide bonds. The van der Waals surface area contributed by atoms with Gasteiger partial charge in [0.05, 0.1) is 18.4 Å². The molecule has 0 atom stereocenters. The maximum atomic E-state index is 12.6. The number of hydrogen-bond donors (Lipinski definition) is 0. The van der Waals surface area contributed by atoms with Crippen molar-refractivity contribution >= 4 is 5.78 Å². The highest BCUT2D eigenvalue weighted by atomic mass is 19.4. The van der Waals surface area contributed by atoms with Crippen LogP contribution in [0, 0.1) is 0 Å². The number of alkyl halides is 3. The summed E-state index contributed by atoms with van der Waals surface area (Å²) in [6, 6.07) is 4.64. The lowest BCUT2D eigenvalue weighted by atomic mass is 10.0. The third-order valence-corrected chi connectivity index (χ3v) is 1.98. The van der Waals surface area contributed by atoms with E-state index in [-0.39, 0.29) is 5.56 Å². The molecule has 0 radical (unpaired) electrons. The molecule has 0 aliphatic rings. The van der Waals surface area contributed by atoms with E-state index in [1.54, 1.807) is 6.92 Å². The van der Waals surface area contributed by atoms with Gasteiger partial charge in [0.15, 0.2) is 5.78 Å². The van der Waals surface area contributed by atoms with Crippen LogP contribution in [-0.4, -0.2) is 12.4 Å². The molecule has 2 nitrogen and oxygen atoms in total. The molecule has 5 heteroatoms. The molecule has 0 bridgehead atoms. The fourth-order valence-electron chi connectivity index (χ4n) is 1.24. The standard InChI is InChI=1S/C12H11F3O2/c1-2-17-8-7-11(16)9-5-3-4-6-10(9)12(13,14)15/h3-8H,2H2,1H3. The maximum absolute atomic E-state index is 12.6. The SMILES string of the molecule is CCOC=CC(=O)c1ccccc1C(F)(F)F. The van der Waals surface area contributed by atoms with Gasteiger partial charge in [-0.2, -0.15) is 13.2 Å². The Hall–Kier alpha value is -1.78. The molecule has 0 aromatic heterocycles. The zero-order chi connectivity index (χ0) is 12.9. The fraction of sp³-hybridized carbons (Fsp3) is 0.250. The van der Waals surface area contributed by atoms with E-state index >= 15 is 0 Å². The molecule has 0 saturated heterocycles. The van der Waals surface area contributed by atoms with E-state index in [1.807, 2.05) is 0 Å². The van der Waals surface area contributed by atoms with E-state index in [0.717, 1.165) is 24.5 Å². The average Bonchev–Trinajstić information content (AvgIpc) is 2.28. The maximum Gasteiger partial charge on any atom is 0.417 e. The van der Waals surface area contributed by atoms with Crippen LogP contribution in [0.3, 0.4) is 0 Å². The van der Waals surface area contributed by atoms with Gasteiger partial charge in [0, 0.05) is 11.6 Å². The monoisotopic (exact) mass is 244 g/mol. The molecule has 0 fully saturated rings. The van der Waals surface area contributed by atoms with Gasteiger partial charge in [0.1, 0.15) is 0 Å². The first-order valence-corrected chi connectivity index (χ1v) is 4.95. The Kier molecular flexibility index (Phi) is 4.31. The first-order chi connectivity index (χ1) is 7.96. The van der Waals surface area contributed by atoms with Gasteiger partial charge < -0.3 is 4.74 Å². The second kappa shape index (κ2) is 5.52. The molecule has 0 aliphatic heterocycles. The van der Waals surface area contributed by atoms with Gasteiger partial charge in [-0.3, -0.25) is 4.79 Å². The fourth-order valence-corrected chi connectivity index (χ4v) is 1.24. The topological polar surface area (TPSA) is 26.3 Å². The third kappa shape index (κ3) is 3.62. The van der Waals surface area contributed by atoms with Crippen molar-refractivity contribution in [3.05, 3.63) is 47.7 Å². The predicted octanol–water partition coefficient (Wildman–Crippen LogP) is 3.44. The molecule has 0 heterocycles. The molecule has 0 aliphatic carbocycles. The molecule has 0 unspecified atom stereocenters. The van der Waals surface area contributed by atoms with E-state index < -0.39 is 17.5 Å². The minimum atomic E-state index is -4.54. The molecule has 17 heavy (non-hydrogen) atoms. The summed E-state index contributed by atoms with van der Waals surface area (Å²) in [5.74, 6) is -0.730. The Labute approximate surface area is 96.7 Å². The van der Waals surface area contributed by atoms with Crippen molar-refractivity contribution in [3.63, 3.8) is 0 Å². The highest BCUT2D eigenvalue weighted by Crippen LogP contribution is 2.32. The van der Waals surface area contributed by atoms with Crippen LogP contribution in [0.4, 0.5) is 13.2 Å². The van der Waals surface area contributed by atoms with E-state index in [9.17, 15) is 18.0 Å². The Bertz CT molecular complexity index is 422. The van der Waals surface area contributed by atoms with Crippen LogP contribution < -0.4 is 0 Å². The molecule has 1 aromatic carbocycles. The number of ether oxygens (including phenoxy) is 1. The van der Waals surface area contributed by atoms with Crippen LogP contribution in [0.25, 0.3) is 0 Å². The molecule has 1 aromatic rings. The number of benzene rings is 1. The lowest BCUT2D eigenvalue weighted by molar-refractivity contribution is -0.137. The quantitative estimate of drug-likeness (QED) is 0.460. The molecular formula is C12H11F3O2. The zero-order valence-corrected chi connectivity index (χ0v) is 9.12. The van der Waals surface area contributed by atoms with Gasteiger partial charge in [0.25, 0.3) is 0 Å². The second-order valence-corrected chi connectivity index (χ2v) is 3.17. The molecule has 0 saturated carbocycles. The molecule has 0 N–H and O–H groups in total. The van der Waals surface area contributed by atoms with Crippen molar-refractivity contribution in [1.82, 2.24) is 0 Å². The summed E-state index contributed by atoms with van der Waals surface area (Å²) in [5, 5.41) is 0. The summed E-state index contributed by atoms with van der Waals surface area (Å²) >= 11 is 0. The van der Waals surface area contributed by atoms with Gasteiger partial charge in [-0.15, -0.1) is 0 Å². The summed E-state index contributed by atoms with van der Waals surface area (Å²) in [4.78, 5) is 11.5. The van der Waals surface area contributed by atoms with Crippen molar-refractivity contribution < 1.29 is 22.7 Å². The normalized spacial score (nSPS) is 11.8. The smallest absolute Gasteiger partial charge is 0.417 e. The first-order valence-electron chi connectivity index (χ1n) is 4.95. The molecule has 1 rings (SSSR count). The highest BCUT2D eigenvalue weighted by Gasteiger charge is 2.34. The first kappa shape index (κ1) is 13.3. The van der Waals surface area contributed by atoms with Crippen molar-refractivity contribution in [3.8, 4) is 0 Å². The number of carbonyl (C=O) groups excluding carboxylic acids is 1. The molecule has 92 valence electrons. The Morgan fingerprint density at radius 1 is 1.35 bits per heavy atom. The Balaban J connectivity index is 3.02. The summed E-state index contributed by atoms with van der Waals surface area (Å²) in [6.07, 6.45) is -2.46. The lowest BCUT2D eigenvalue weighted by Gasteiger charge is -2.10. The van der Waals surface area contributed by atoms with E-state index in [4.69, 9.17) is 4.74 Å². The minimum absolute atomic E-state index is 0.352. The number of ketones is 1. The average molecular weight is 244 g/mol. The van der Waals surface area contributed by atoms with Crippen molar-refractivity contribution in [2.24, 2.45) is 0 Å². The number of allylic oxidation sites excluding steroid dienone is 1. The van der Waals surface area contributed by atoms with Crippen molar-refractivity contribution in [2.75, 3.05) is 6.61 Å².